The quantitative estimate of drug-likeness (QED) is 0.752. The van der Waals surface area contributed by atoms with Crippen molar-refractivity contribution in [1.82, 2.24) is 4.90 Å². The highest BCUT2D eigenvalue weighted by atomic mass is 16.3. The van der Waals surface area contributed by atoms with Gasteiger partial charge in [-0.3, -0.25) is 14.5 Å². The number of hydrogen-bond donors (Lipinski definition) is 1. The van der Waals surface area contributed by atoms with Crippen LogP contribution in [0.25, 0.3) is 0 Å². The van der Waals surface area contributed by atoms with Crippen molar-refractivity contribution >= 4 is 11.8 Å². The lowest BCUT2D eigenvalue weighted by Crippen LogP contribution is -2.43. The van der Waals surface area contributed by atoms with E-state index in [4.69, 9.17) is 0 Å². The van der Waals surface area contributed by atoms with Gasteiger partial charge in [0.15, 0.2) is 0 Å². The number of hydrogen-bond acceptors (Lipinski definition) is 3. The van der Waals surface area contributed by atoms with Crippen LogP contribution in [0.15, 0.2) is 0 Å². The van der Waals surface area contributed by atoms with Crippen molar-refractivity contribution in [3.05, 3.63) is 0 Å². The first-order chi connectivity index (χ1) is 7.83. The number of rotatable bonds is 3. The predicted octanol–water partition coefficient (Wildman–Crippen LogP) is 1.18. The number of β-amino-alcohol motifs (C(OH)–C–C–N with tert-alkyl or cyclic N) is 1. The second-order valence-electron chi connectivity index (χ2n) is 6.03. The van der Waals surface area contributed by atoms with Gasteiger partial charge in [-0.05, 0) is 32.6 Å². The molecule has 0 aromatic carbocycles. The van der Waals surface area contributed by atoms with Crippen molar-refractivity contribution < 1.29 is 14.7 Å². The standard InChI is InChI=1S/C13H21NO3/c1-4-8-5-9-10(6-8)12(16)14(11(9)15)7-13(2,3)17/h8-10,17H,4-7H2,1-3H3. The SMILES string of the molecule is CCC1CC2C(=O)N(CC(C)(C)O)C(=O)C2C1. The maximum Gasteiger partial charge on any atom is 0.233 e. The second-order valence-corrected chi connectivity index (χ2v) is 6.03. The zero-order valence-electron chi connectivity index (χ0n) is 10.8. The third kappa shape index (κ3) is 2.23. The summed E-state index contributed by atoms with van der Waals surface area (Å²) in [6.45, 7) is 5.47. The summed E-state index contributed by atoms with van der Waals surface area (Å²) >= 11 is 0. The lowest BCUT2D eigenvalue weighted by atomic mass is 10.00. The predicted molar refractivity (Wildman–Crippen MR) is 63.0 cm³/mol. The van der Waals surface area contributed by atoms with Crippen LogP contribution in [0.2, 0.25) is 0 Å². The summed E-state index contributed by atoms with van der Waals surface area (Å²) in [6.07, 6.45) is 2.72. The van der Waals surface area contributed by atoms with Crippen LogP contribution >= 0.6 is 0 Å². The summed E-state index contributed by atoms with van der Waals surface area (Å²) in [7, 11) is 0. The fourth-order valence-corrected chi connectivity index (χ4v) is 3.07. The molecule has 2 rings (SSSR count). The van der Waals surface area contributed by atoms with Gasteiger partial charge >= 0.3 is 0 Å². The minimum atomic E-state index is -1.01. The average Bonchev–Trinajstić information content (AvgIpc) is 2.73. The first-order valence-electron chi connectivity index (χ1n) is 6.41. The zero-order valence-corrected chi connectivity index (χ0v) is 10.8. The van der Waals surface area contributed by atoms with E-state index in [1.165, 1.54) is 4.90 Å². The highest BCUT2D eigenvalue weighted by Gasteiger charge is 2.52. The Hall–Kier alpha value is -0.900. The maximum absolute atomic E-state index is 12.1. The van der Waals surface area contributed by atoms with Crippen molar-refractivity contribution in [2.45, 2.75) is 45.6 Å². The van der Waals surface area contributed by atoms with Crippen molar-refractivity contribution in [2.24, 2.45) is 17.8 Å². The molecule has 0 radical (unpaired) electrons. The molecule has 1 aliphatic carbocycles. The Morgan fingerprint density at radius 1 is 1.24 bits per heavy atom. The minimum Gasteiger partial charge on any atom is -0.389 e. The summed E-state index contributed by atoms with van der Waals surface area (Å²) in [5.41, 5.74) is -1.01. The smallest absolute Gasteiger partial charge is 0.233 e. The van der Waals surface area contributed by atoms with Gasteiger partial charge in [-0.25, -0.2) is 0 Å². The molecule has 4 heteroatoms. The van der Waals surface area contributed by atoms with E-state index in [1.807, 2.05) is 0 Å². The van der Waals surface area contributed by atoms with Gasteiger partial charge in [0.05, 0.1) is 24.0 Å². The van der Waals surface area contributed by atoms with Crippen LogP contribution < -0.4 is 0 Å². The largest absolute Gasteiger partial charge is 0.389 e. The number of carbonyl (C=O) groups excluding carboxylic acids is 2. The van der Waals surface area contributed by atoms with Crippen LogP contribution in [-0.4, -0.2) is 34.0 Å². The molecule has 4 nitrogen and oxygen atoms in total. The van der Waals surface area contributed by atoms with E-state index in [0.29, 0.717) is 5.92 Å². The number of fused-ring (bicyclic) bond motifs is 1. The van der Waals surface area contributed by atoms with E-state index in [-0.39, 0.29) is 30.2 Å². The van der Waals surface area contributed by atoms with Gasteiger partial charge in [0.1, 0.15) is 0 Å². The Balaban J connectivity index is 2.11. The first-order valence-corrected chi connectivity index (χ1v) is 6.41. The van der Waals surface area contributed by atoms with Crippen LogP contribution in [0.1, 0.15) is 40.0 Å². The normalized spacial score (nSPS) is 33.4. The first kappa shape index (κ1) is 12.6. The zero-order chi connectivity index (χ0) is 12.8. The third-order valence-corrected chi connectivity index (χ3v) is 3.95. The number of nitrogens with zero attached hydrogens (tertiary/aromatic N) is 1. The summed E-state index contributed by atoms with van der Waals surface area (Å²) in [4.78, 5) is 25.5. The summed E-state index contributed by atoms with van der Waals surface area (Å²) in [5.74, 6) is 0.142. The Bertz CT molecular complexity index is 321. The lowest BCUT2D eigenvalue weighted by molar-refractivity contribution is -0.143. The number of likely N-dealkylation sites (tertiary alicyclic amines) is 1. The summed E-state index contributed by atoms with van der Waals surface area (Å²) < 4.78 is 0. The van der Waals surface area contributed by atoms with E-state index in [2.05, 4.69) is 6.92 Å². The highest BCUT2D eigenvalue weighted by Crippen LogP contribution is 2.44. The molecule has 1 N–H and O–H groups in total. The fraction of sp³-hybridized carbons (Fsp3) is 0.846. The van der Waals surface area contributed by atoms with Crippen LogP contribution in [0.5, 0.6) is 0 Å². The van der Waals surface area contributed by atoms with Crippen molar-refractivity contribution in [1.29, 1.82) is 0 Å². The number of carbonyl (C=O) groups is 2. The lowest BCUT2D eigenvalue weighted by Gasteiger charge is -2.25. The molecular weight excluding hydrogens is 218 g/mol. The van der Waals surface area contributed by atoms with Crippen LogP contribution in [-0.2, 0) is 9.59 Å². The van der Waals surface area contributed by atoms with E-state index >= 15 is 0 Å². The molecule has 0 bridgehead atoms. The Kier molecular flexibility index (Phi) is 3.02. The van der Waals surface area contributed by atoms with Gasteiger partial charge in [0.25, 0.3) is 0 Å². The minimum absolute atomic E-state index is 0.0712. The molecule has 1 saturated heterocycles. The van der Waals surface area contributed by atoms with Gasteiger partial charge in [-0.15, -0.1) is 0 Å². The van der Waals surface area contributed by atoms with E-state index in [0.717, 1.165) is 19.3 Å². The van der Waals surface area contributed by atoms with E-state index < -0.39 is 5.60 Å². The van der Waals surface area contributed by atoms with Gasteiger partial charge in [-0.2, -0.15) is 0 Å². The molecule has 0 spiro atoms. The van der Waals surface area contributed by atoms with Crippen molar-refractivity contribution in [3.8, 4) is 0 Å². The van der Waals surface area contributed by atoms with E-state index in [1.54, 1.807) is 13.8 Å². The van der Waals surface area contributed by atoms with Gasteiger partial charge in [0, 0.05) is 0 Å². The average molecular weight is 239 g/mol. The Labute approximate surface area is 102 Å². The fourth-order valence-electron chi connectivity index (χ4n) is 3.07. The van der Waals surface area contributed by atoms with Crippen molar-refractivity contribution in [3.63, 3.8) is 0 Å². The molecule has 1 saturated carbocycles. The van der Waals surface area contributed by atoms with Gasteiger partial charge in [0.2, 0.25) is 11.8 Å². The Morgan fingerprint density at radius 2 is 1.71 bits per heavy atom. The second kappa shape index (κ2) is 4.09. The maximum atomic E-state index is 12.1. The molecule has 2 amide bonds. The van der Waals surface area contributed by atoms with Crippen molar-refractivity contribution in [2.75, 3.05) is 6.54 Å². The summed E-state index contributed by atoms with van der Waals surface area (Å²) in [6, 6.07) is 0. The molecule has 2 unspecified atom stereocenters. The number of imide groups is 1. The third-order valence-electron chi connectivity index (χ3n) is 3.95. The highest BCUT2D eigenvalue weighted by molar-refractivity contribution is 6.05. The van der Waals surface area contributed by atoms with Crippen LogP contribution in [0.3, 0.4) is 0 Å². The summed E-state index contributed by atoms with van der Waals surface area (Å²) in [5, 5.41) is 9.73. The Morgan fingerprint density at radius 3 is 2.06 bits per heavy atom. The van der Waals surface area contributed by atoms with Crippen LogP contribution in [0.4, 0.5) is 0 Å². The molecular formula is C13H21NO3. The molecule has 2 aliphatic rings. The topological polar surface area (TPSA) is 57.6 Å². The molecule has 2 fully saturated rings. The van der Waals surface area contributed by atoms with E-state index in [9.17, 15) is 14.7 Å². The molecule has 96 valence electrons. The number of amides is 2. The molecule has 0 aromatic rings. The molecule has 1 heterocycles. The van der Waals surface area contributed by atoms with Gasteiger partial charge < -0.3 is 5.11 Å². The molecule has 17 heavy (non-hydrogen) atoms. The van der Waals surface area contributed by atoms with Crippen LogP contribution in [0, 0.1) is 17.8 Å². The van der Waals surface area contributed by atoms with Gasteiger partial charge in [-0.1, -0.05) is 13.3 Å². The number of aliphatic hydroxyl groups is 1. The molecule has 1 aliphatic heterocycles. The molecule has 0 aromatic heterocycles. The monoisotopic (exact) mass is 239 g/mol. The molecule has 2 atom stereocenters.